The van der Waals surface area contributed by atoms with Crippen LogP contribution in [-0.4, -0.2) is 14.8 Å². The van der Waals surface area contributed by atoms with Crippen LogP contribution in [0.5, 0.6) is 0 Å². The van der Waals surface area contributed by atoms with Crippen LogP contribution in [-0.2, 0) is 0 Å². The number of aromatic nitrogens is 2. The number of anilines is 1. The van der Waals surface area contributed by atoms with Crippen LogP contribution in [0.2, 0.25) is 0 Å². The number of rotatable bonds is 3. The maximum absolute atomic E-state index is 5.41. The third kappa shape index (κ3) is 3.64. The smallest absolute Gasteiger partial charge is 0.148 e. The molecule has 0 spiro atoms. The molecule has 0 aliphatic carbocycles. The molecule has 1 aliphatic heterocycles. The maximum Gasteiger partial charge on any atom is 0.148 e. The number of fused-ring (bicyclic) bond motifs is 8. The Labute approximate surface area is 265 Å². The second kappa shape index (κ2) is 9.68. The standard InChI is InChI=1S/C42H28N4/c1-2-14-30(15-3-1)45-37-20-10-6-16-31(37)33-25-29(22-23-39(33)45)41-42(44-36-19-9-8-18-35(36)43-41)46-38-21-11-7-17-32(38)34-24-27-12-4-5-13-28(27)26-40(34)46/h1-26,42,44H. The highest BCUT2D eigenvalue weighted by Gasteiger charge is 2.29. The van der Waals surface area contributed by atoms with Crippen molar-refractivity contribution in [1.82, 2.24) is 9.13 Å². The fraction of sp³-hybridized carbons (Fsp3) is 0.0238. The highest BCUT2D eigenvalue weighted by Crippen LogP contribution is 2.41. The molecule has 0 saturated heterocycles. The molecule has 2 aromatic heterocycles. The molecule has 10 rings (SSSR count). The van der Waals surface area contributed by atoms with Gasteiger partial charge in [0.25, 0.3) is 0 Å². The van der Waals surface area contributed by atoms with E-state index in [0.717, 1.165) is 28.3 Å². The van der Waals surface area contributed by atoms with Crippen molar-refractivity contribution in [2.75, 3.05) is 5.32 Å². The Morgan fingerprint density at radius 2 is 1.11 bits per heavy atom. The van der Waals surface area contributed by atoms with Crippen molar-refractivity contribution in [2.24, 2.45) is 4.99 Å². The topological polar surface area (TPSA) is 34.2 Å². The molecular formula is C42H28N4. The van der Waals surface area contributed by atoms with Gasteiger partial charge in [0.1, 0.15) is 6.17 Å². The first-order valence-corrected chi connectivity index (χ1v) is 15.8. The van der Waals surface area contributed by atoms with Crippen LogP contribution in [0.4, 0.5) is 11.4 Å². The quantitative estimate of drug-likeness (QED) is 0.219. The van der Waals surface area contributed by atoms with Crippen molar-refractivity contribution in [1.29, 1.82) is 0 Å². The Morgan fingerprint density at radius 1 is 0.478 bits per heavy atom. The van der Waals surface area contributed by atoms with Gasteiger partial charge < -0.3 is 14.5 Å². The number of hydrogen-bond acceptors (Lipinski definition) is 2. The van der Waals surface area contributed by atoms with Gasteiger partial charge in [-0.05, 0) is 71.4 Å². The van der Waals surface area contributed by atoms with Gasteiger partial charge in [0.15, 0.2) is 0 Å². The summed E-state index contributed by atoms with van der Waals surface area (Å²) in [6, 6.07) is 56.5. The zero-order valence-electron chi connectivity index (χ0n) is 24.9. The summed E-state index contributed by atoms with van der Waals surface area (Å²) >= 11 is 0. The first-order chi connectivity index (χ1) is 22.8. The van der Waals surface area contributed by atoms with Crippen molar-refractivity contribution in [3.05, 3.63) is 163 Å². The summed E-state index contributed by atoms with van der Waals surface area (Å²) < 4.78 is 4.81. The fourth-order valence-electron chi connectivity index (χ4n) is 7.46. The number of benzene rings is 7. The lowest BCUT2D eigenvalue weighted by atomic mass is 10.0. The lowest BCUT2D eigenvalue weighted by Crippen LogP contribution is -2.30. The van der Waals surface area contributed by atoms with E-state index < -0.39 is 0 Å². The first-order valence-electron chi connectivity index (χ1n) is 15.8. The molecule has 3 heterocycles. The summed E-state index contributed by atoms with van der Waals surface area (Å²) in [4.78, 5) is 5.41. The Balaban J connectivity index is 1.25. The largest absolute Gasteiger partial charge is 0.358 e. The van der Waals surface area contributed by atoms with E-state index in [2.05, 4.69) is 172 Å². The van der Waals surface area contributed by atoms with E-state index in [1.165, 1.54) is 54.4 Å². The van der Waals surface area contributed by atoms with Crippen molar-refractivity contribution < 1.29 is 0 Å². The molecular weight excluding hydrogens is 560 g/mol. The third-order valence-electron chi connectivity index (χ3n) is 9.51. The Kier molecular flexibility index (Phi) is 5.31. The number of nitrogens with zero attached hydrogens (tertiary/aromatic N) is 3. The zero-order valence-corrected chi connectivity index (χ0v) is 24.9. The van der Waals surface area contributed by atoms with Crippen molar-refractivity contribution >= 4 is 71.5 Å². The Bertz CT molecular complexity index is 2680. The van der Waals surface area contributed by atoms with Crippen LogP contribution in [0, 0.1) is 0 Å². The molecule has 0 radical (unpaired) electrons. The third-order valence-corrected chi connectivity index (χ3v) is 9.51. The molecule has 4 heteroatoms. The highest BCUT2D eigenvalue weighted by molar-refractivity contribution is 6.18. The molecule has 0 fully saturated rings. The summed E-state index contributed by atoms with van der Waals surface area (Å²) in [5.41, 5.74) is 9.97. The summed E-state index contributed by atoms with van der Waals surface area (Å²) in [6.45, 7) is 0. The molecule has 1 N–H and O–H groups in total. The van der Waals surface area contributed by atoms with E-state index >= 15 is 0 Å². The number of aliphatic imine (C=N–C) groups is 1. The summed E-state index contributed by atoms with van der Waals surface area (Å²) in [7, 11) is 0. The van der Waals surface area contributed by atoms with Gasteiger partial charge in [0, 0.05) is 32.8 Å². The highest BCUT2D eigenvalue weighted by atomic mass is 15.2. The molecule has 216 valence electrons. The molecule has 0 bridgehead atoms. The van der Waals surface area contributed by atoms with Crippen molar-refractivity contribution in [3.8, 4) is 5.69 Å². The van der Waals surface area contributed by atoms with Crippen molar-refractivity contribution in [2.45, 2.75) is 6.17 Å². The van der Waals surface area contributed by atoms with Gasteiger partial charge in [-0.2, -0.15) is 0 Å². The van der Waals surface area contributed by atoms with Gasteiger partial charge in [-0.15, -0.1) is 0 Å². The minimum absolute atomic E-state index is 0.224. The molecule has 4 nitrogen and oxygen atoms in total. The monoisotopic (exact) mass is 588 g/mol. The van der Waals surface area contributed by atoms with E-state index in [1.54, 1.807) is 0 Å². The van der Waals surface area contributed by atoms with Gasteiger partial charge in [-0.1, -0.05) is 97.1 Å². The molecule has 1 unspecified atom stereocenters. The number of para-hydroxylation sites is 5. The van der Waals surface area contributed by atoms with Gasteiger partial charge in [-0.25, -0.2) is 4.99 Å². The van der Waals surface area contributed by atoms with Crippen LogP contribution in [0.1, 0.15) is 11.7 Å². The maximum atomic E-state index is 5.41. The molecule has 1 atom stereocenters. The zero-order chi connectivity index (χ0) is 30.2. The van der Waals surface area contributed by atoms with E-state index in [9.17, 15) is 0 Å². The molecule has 0 saturated carbocycles. The lowest BCUT2D eigenvalue weighted by molar-refractivity contribution is 0.759. The average molecular weight is 589 g/mol. The predicted molar refractivity (Wildman–Crippen MR) is 193 cm³/mol. The van der Waals surface area contributed by atoms with E-state index in [0.29, 0.717) is 0 Å². The number of nitrogens with one attached hydrogen (secondary N) is 1. The molecule has 1 aliphatic rings. The summed E-state index contributed by atoms with van der Waals surface area (Å²) in [5.74, 6) is 0. The fourth-order valence-corrected chi connectivity index (χ4v) is 7.46. The van der Waals surface area contributed by atoms with Crippen LogP contribution < -0.4 is 5.32 Å². The normalized spacial score (nSPS) is 14.6. The van der Waals surface area contributed by atoms with Gasteiger partial charge >= 0.3 is 0 Å². The van der Waals surface area contributed by atoms with Crippen LogP contribution >= 0.6 is 0 Å². The second-order valence-electron chi connectivity index (χ2n) is 12.1. The molecule has 7 aromatic carbocycles. The van der Waals surface area contributed by atoms with Crippen LogP contribution in [0.3, 0.4) is 0 Å². The minimum atomic E-state index is -0.224. The summed E-state index contributed by atoms with van der Waals surface area (Å²) in [6.07, 6.45) is -0.224. The first kappa shape index (κ1) is 25.2. The Morgan fingerprint density at radius 3 is 1.96 bits per heavy atom. The Hall–Kier alpha value is -6.13. The van der Waals surface area contributed by atoms with Crippen LogP contribution in [0.25, 0.3) is 60.1 Å². The van der Waals surface area contributed by atoms with Crippen LogP contribution in [0.15, 0.2) is 163 Å². The summed E-state index contributed by atoms with van der Waals surface area (Å²) in [5, 5.41) is 11.3. The average Bonchev–Trinajstić information content (AvgIpc) is 3.62. The lowest BCUT2D eigenvalue weighted by Gasteiger charge is -2.30. The van der Waals surface area contributed by atoms with E-state index in [-0.39, 0.29) is 6.17 Å². The van der Waals surface area contributed by atoms with Gasteiger partial charge in [0.2, 0.25) is 0 Å². The SMILES string of the molecule is c1ccc(-n2c3ccccc3c3cc(C4=Nc5ccccc5NC4n4c5ccccc5c5cc6ccccc6cc54)ccc32)cc1. The second-order valence-corrected chi connectivity index (χ2v) is 12.1. The molecule has 9 aromatic rings. The van der Waals surface area contributed by atoms with Crippen molar-refractivity contribution in [3.63, 3.8) is 0 Å². The minimum Gasteiger partial charge on any atom is -0.358 e. The van der Waals surface area contributed by atoms with Gasteiger partial charge in [-0.3, -0.25) is 0 Å². The van der Waals surface area contributed by atoms with E-state index in [1.807, 2.05) is 0 Å². The predicted octanol–water partition coefficient (Wildman–Crippen LogP) is 10.8. The number of hydrogen-bond donors (Lipinski definition) is 1. The molecule has 0 amide bonds. The molecule has 46 heavy (non-hydrogen) atoms. The van der Waals surface area contributed by atoms with Gasteiger partial charge in [0.05, 0.1) is 39.2 Å². The van der Waals surface area contributed by atoms with E-state index in [4.69, 9.17) is 4.99 Å².